The van der Waals surface area contributed by atoms with E-state index in [9.17, 15) is 9.59 Å². The fourth-order valence-corrected chi connectivity index (χ4v) is 2.29. The van der Waals surface area contributed by atoms with Gasteiger partial charge in [0.25, 0.3) is 0 Å². The van der Waals surface area contributed by atoms with Crippen LogP contribution in [0.5, 0.6) is 0 Å². The molecule has 2 N–H and O–H groups in total. The smallest absolute Gasteiger partial charge is 0.307 e. The molecule has 1 aliphatic rings. The van der Waals surface area contributed by atoms with E-state index in [0.717, 1.165) is 0 Å². The predicted molar refractivity (Wildman–Crippen MR) is 69.0 cm³/mol. The third kappa shape index (κ3) is 2.94. The van der Waals surface area contributed by atoms with E-state index in [-0.39, 0.29) is 10.7 Å². The average Bonchev–Trinajstić information content (AvgIpc) is 2.78. The molecule has 0 radical (unpaired) electrons. The summed E-state index contributed by atoms with van der Waals surface area (Å²) in [6, 6.07) is 0. The molecular weight excluding hydrogens is 238 g/mol. The van der Waals surface area contributed by atoms with E-state index in [1.54, 1.807) is 11.8 Å². The molecule has 0 bridgehead atoms. The van der Waals surface area contributed by atoms with E-state index in [0.29, 0.717) is 6.54 Å². The van der Waals surface area contributed by atoms with E-state index < -0.39 is 23.2 Å². The first-order valence-corrected chi connectivity index (χ1v) is 6.91. The van der Waals surface area contributed by atoms with Gasteiger partial charge in [-0.05, 0) is 25.5 Å². The minimum atomic E-state index is -0.876. The van der Waals surface area contributed by atoms with Gasteiger partial charge in [0.1, 0.15) is 0 Å². The summed E-state index contributed by atoms with van der Waals surface area (Å²) in [5, 5.41) is 11.9. The number of thioether (sulfide) groups is 1. The summed E-state index contributed by atoms with van der Waals surface area (Å²) >= 11 is 1.68. The molecular formula is C12H21NO3S. The van der Waals surface area contributed by atoms with Crippen LogP contribution in [-0.2, 0) is 9.59 Å². The Hall–Kier alpha value is -0.710. The Morgan fingerprint density at radius 2 is 1.88 bits per heavy atom. The minimum absolute atomic E-state index is 0.0204. The van der Waals surface area contributed by atoms with Gasteiger partial charge in [0.15, 0.2) is 0 Å². The molecule has 1 rings (SSSR count). The van der Waals surface area contributed by atoms with Crippen LogP contribution in [0, 0.1) is 17.3 Å². The Morgan fingerprint density at radius 1 is 1.35 bits per heavy atom. The molecule has 2 atom stereocenters. The molecule has 0 aliphatic heterocycles. The number of carboxylic acid groups (broad SMARTS) is 1. The van der Waals surface area contributed by atoms with Gasteiger partial charge in [-0.3, -0.25) is 9.59 Å². The molecule has 0 aromatic rings. The van der Waals surface area contributed by atoms with Gasteiger partial charge >= 0.3 is 5.97 Å². The van der Waals surface area contributed by atoms with Crippen LogP contribution in [0.3, 0.4) is 0 Å². The van der Waals surface area contributed by atoms with E-state index in [4.69, 9.17) is 5.11 Å². The molecule has 0 heterocycles. The van der Waals surface area contributed by atoms with Crippen LogP contribution in [0.25, 0.3) is 0 Å². The summed E-state index contributed by atoms with van der Waals surface area (Å²) in [6.07, 6.45) is 1.99. The number of nitrogens with one attached hydrogen (secondary N) is 1. The van der Waals surface area contributed by atoms with E-state index in [1.165, 1.54) is 0 Å². The Labute approximate surface area is 107 Å². The van der Waals surface area contributed by atoms with Crippen molar-refractivity contribution >= 4 is 23.6 Å². The third-order valence-corrected chi connectivity index (χ3v) is 4.87. The van der Waals surface area contributed by atoms with Crippen molar-refractivity contribution in [1.82, 2.24) is 5.32 Å². The highest BCUT2D eigenvalue weighted by Gasteiger charge is 2.65. The molecule has 5 heteroatoms. The lowest BCUT2D eigenvalue weighted by atomic mass is 10.1. The number of carbonyl (C=O) groups excluding carboxylic acids is 1. The van der Waals surface area contributed by atoms with Crippen molar-refractivity contribution in [2.45, 2.75) is 32.4 Å². The normalized spacial score (nSPS) is 26.4. The van der Waals surface area contributed by atoms with E-state index >= 15 is 0 Å². The van der Waals surface area contributed by atoms with Crippen molar-refractivity contribution < 1.29 is 14.7 Å². The lowest BCUT2D eigenvalue weighted by Crippen LogP contribution is -2.37. The molecule has 1 amide bonds. The van der Waals surface area contributed by atoms with E-state index in [2.05, 4.69) is 5.32 Å². The molecule has 1 aliphatic carbocycles. The van der Waals surface area contributed by atoms with Gasteiger partial charge in [-0.15, -0.1) is 0 Å². The van der Waals surface area contributed by atoms with Crippen molar-refractivity contribution in [1.29, 1.82) is 0 Å². The van der Waals surface area contributed by atoms with Crippen molar-refractivity contribution in [3.05, 3.63) is 0 Å². The first-order chi connectivity index (χ1) is 7.63. The van der Waals surface area contributed by atoms with Gasteiger partial charge in [0.2, 0.25) is 5.91 Å². The van der Waals surface area contributed by atoms with Crippen LogP contribution in [0.4, 0.5) is 0 Å². The second kappa shape index (κ2) is 4.52. The highest BCUT2D eigenvalue weighted by molar-refractivity contribution is 7.99. The van der Waals surface area contributed by atoms with Crippen molar-refractivity contribution in [2.24, 2.45) is 17.3 Å². The summed E-state index contributed by atoms with van der Waals surface area (Å²) in [5.74, 6) is -1.94. The lowest BCUT2D eigenvalue weighted by molar-refractivity contribution is -0.140. The number of hydrogen-bond donors (Lipinski definition) is 2. The molecule has 1 saturated carbocycles. The first kappa shape index (κ1) is 14.4. The summed E-state index contributed by atoms with van der Waals surface area (Å²) in [4.78, 5) is 22.9. The fraction of sp³-hybridized carbons (Fsp3) is 0.833. The summed E-state index contributed by atoms with van der Waals surface area (Å²) in [6.45, 7) is 8.31. The average molecular weight is 259 g/mol. The molecule has 98 valence electrons. The highest BCUT2D eigenvalue weighted by Crippen LogP contribution is 2.58. The van der Waals surface area contributed by atoms with Gasteiger partial charge in [-0.25, -0.2) is 0 Å². The van der Waals surface area contributed by atoms with Gasteiger partial charge in [-0.1, -0.05) is 13.8 Å². The monoisotopic (exact) mass is 259 g/mol. The maximum absolute atomic E-state index is 11.9. The Morgan fingerprint density at radius 3 is 2.24 bits per heavy atom. The molecule has 0 aromatic heterocycles. The van der Waals surface area contributed by atoms with Crippen LogP contribution in [0.2, 0.25) is 0 Å². The topological polar surface area (TPSA) is 66.4 Å². The van der Waals surface area contributed by atoms with Gasteiger partial charge in [0, 0.05) is 11.3 Å². The molecule has 0 spiro atoms. The first-order valence-electron chi connectivity index (χ1n) is 5.69. The Balaban J connectivity index is 2.54. The zero-order chi connectivity index (χ0) is 13.4. The maximum Gasteiger partial charge on any atom is 0.307 e. The predicted octanol–water partition coefficient (Wildman–Crippen LogP) is 1.60. The largest absolute Gasteiger partial charge is 0.481 e. The lowest BCUT2D eigenvalue weighted by Gasteiger charge is -2.22. The third-order valence-electron chi connectivity index (χ3n) is 3.62. The standard InChI is InChI=1S/C12H21NO3S/c1-11(2,17-5)6-13-9(14)7-8(10(15)16)12(7,3)4/h7-8H,6H2,1-5H3,(H,13,14)(H,15,16)/t7-,8+/m1/s1. The molecule has 17 heavy (non-hydrogen) atoms. The van der Waals surface area contributed by atoms with Crippen molar-refractivity contribution in [3.8, 4) is 0 Å². The van der Waals surface area contributed by atoms with Crippen molar-refractivity contribution in [2.75, 3.05) is 12.8 Å². The maximum atomic E-state index is 11.9. The SMILES string of the molecule is CSC(C)(C)CNC(=O)[C@H]1[C@@H](C(=O)O)C1(C)C. The van der Waals surface area contributed by atoms with Gasteiger partial charge in [0.05, 0.1) is 11.8 Å². The molecule has 0 saturated heterocycles. The van der Waals surface area contributed by atoms with Crippen LogP contribution >= 0.6 is 11.8 Å². The van der Waals surface area contributed by atoms with Crippen LogP contribution in [-0.4, -0.2) is 34.5 Å². The van der Waals surface area contributed by atoms with E-state index in [1.807, 2.05) is 34.0 Å². The summed E-state index contributed by atoms with van der Waals surface area (Å²) in [7, 11) is 0. The molecule has 4 nitrogen and oxygen atoms in total. The molecule has 0 aromatic carbocycles. The quantitative estimate of drug-likeness (QED) is 0.787. The molecule has 1 fully saturated rings. The number of rotatable bonds is 5. The van der Waals surface area contributed by atoms with Crippen LogP contribution in [0.1, 0.15) is 27.7 Å². The second-order valence-corrected chi connectivity index (χ2v) is 7.31. The number of carbonyl (C=O) groups is 2. The van der Waals surface area contributed by atoms with Gasteiger partial charge < -0.3 is 10.4 Å². The minimum Gasteiger partial charge on any atom is -0.481 e. The summed E-state index contributed by atoms with van der Waals surface area (Å²) < 4.78 is -0.0204. The number of carboxylic acids is 1. The Bertz CT molecular complexity index is 339. The zero-order valence-electron chi connectivity index (χ0n) is 11.0. The number of hydrogen-bond acceptors (Lipinski definition) is 3. The van der Waals surface area contributed by atoms with Crippen LogP contribution in [0.15, 0.2) is 0 Å². The molecule has 0 unspecified atom stereocenters. The van der Waals surface area contributed by atoms with Crippen LogP contribution < -0.4 is 5.32 Å². The summed E-state index contributed by atoms with van der Waals surface area (Å²) in [5.41, 5.74) is -0.417. The fourth-order valence-electron chi connectivity index (χ4n) is 2.07. The number of amides is 1. The second-order valence-electron chi connectivity index (χ2n) is 5.80. The Kier molecular flexibility index (Phi) is 3.81. The zero-order valence-corrected chi connectivity index (χ0v) is 11.9. The number of aliphatic carboxylic acids is 1. The van der Waals surface area contributed by atoms with Crippen molar-refractivity contribution in [3.63, 3.8) is 0 Å². The highest BCUT2D eigenvalue weighted by atomic mass is 32.2. The van der Waals surface area contributed by atoms with Gasteiger partial charge in [-0.2, -0.15) is 11.8 Å².